The van der Waals surface area contributed by atoms with Crippen LogP contribution in [-0.4, -0.2) is 43.5 Å². The highest BCUT2D eigenvalue weighted by molar-refractivity contribution is 7.89. The molecule has 7 heteroatoms. The number of carbonyl (C=O) groups is 1. The molecule has 0 spiro atoms. The maximum absolute atomic E-state index is 11.5. The van der Waals surface area contributed by atoms with Gasteiger partial charge < -0.3 is 10.2 Å². The van der Waals surface area contributed by atoms with Crippen molar-refractivity contribution in [3.05, 3.63) is 0 Å². The second kappa shape index (κ2) is 8.43. The molecule has 6 nitrogen and oxygen atoms in total. The first-order valence-corrected chi connectivity index (χ1v) is 7.36. The van der Waals surface area contributed by atoms with Crippen LogP contribution in [0.15, 0.2) is 0 Å². The summed E-state index contributed by atoms with van der Waals surface area (Å²) in [6.07, 6.45) is 1.32. The molecule has 0 fully saturated rings. The Kier molecular flexibility index (Phi) is 8.11. The third-order valence-electron chi connectivity index (χ3n) is 2.51. The molecule has 0 saturated carbocycles. The normalized spacial score (nSPS) is 13.5. The number of rotatable bonds is 10. The molecule has 17 heavy (non-hydrogen) atoms. The van der Waals surface area contributed by atoms with Crippen molar-refractivity contribution in [2.24, 2.45) is 5.92 Å². The lowest BCUT2D eigenvalue weighted by atomic mass is 10.0. The summed E-state index contributed by atoms with van der Waals surface area (Å²) in [4.78, 5) is 10.2. The predicted octanol–water partition coefficient (Wildman–Crippen LogP) is 0.179. The van der Waals surface area contributed by atoms with Crippen molar-refractivity contribution in [2.75, 3.05) is 18.9 Å². The molecule has 0 aromatic heterocycles. The largest absolute Gasteiger partial charge is 0.481 e. The molecular weight excluding hydrogens is 246 g/mol. The van der Waals surface area contributed by atoms with E-state index in [0.717, 1.165) is 6.42 Å². The third kappa shape index (κ3) is 9.08. The van der Waals surface area contributed by atoms with E-state index in [4.69, 9.17) is 10.2 Å². The van der Waals surface area contributed by atoms with Gasteiger partial charge in [0, 0.05) is 19.6 Å². The second-order valence-corrected chi connectivity index (χ2v) is 5.88. The topological polar surface area (TPSA) is 104 Å². The highest BCUT2D eigenvalue weighted by Gasteiger charge is 2.13. The summed E-state index contributed by atoms with van der Waals surface area (Å²) in [5.74, 6) is -1.05. The summed E-state index contributed by atoms with van der Waals surface area (Å²) < 4.78 is 25.4. The molecule has 0 bridgehead atoms. The Morgan fingerprint density at radius 1 is 1.41 bits per heavy atom. The monoisotopic (exact) mass is 267 g/mol. The molecule has 0 radical (unpaired) electrons. The third-order valence-corrected chi connectivity index (χ3v) is 3.94. The van der Waals surface area contributed by atoms with Crippen LogP contribution >= 0.6 is 0 Å². The average Bonchev–Trinajstić information content (AvgIpc) is 2.23. The standard InChI is InChI=1S/C10H21NO5S/c1-2-9(5-6-12)8-11-17(15,16)7-3-4-10(13)14/h9,11-12H,2-8H2,1H3,(H,13,14). The second-order valence-electron chi connectivity index (χ2n) is 3.95. The molecule has 0 aliphatic heterocycles. The molecule has 3 N–H and O–H groups in total. The Labute approximate surface area is 102 Å². The molecule has 1 atom stereocenters. The first-order chi connectivity index (χ1) is 7.91. The van der Waals surface area contributed by atoms with Crippen LogP contribution in [0.3, 0.4) is 0 Å². The lowest BCUT2D eigenvalue weighted by Crippen LogP contribution is -2.31. The smallest absolute Gasteiger partial charge is 0.303 e. The predicted molar refractivity (Wildman–Crippen MR) is 64.1 cm³/mol. The Morgan fingerprint density at radius 2 is 2.06 bits per heavy atom. The highest BCUT2D eigenvalue weighted by atomic mass is 32.2. The van der Waals surface area contributed by atoms with Gasteiger partial charge in [-0.25, -0.2) is 13.1 Å². The van der Waals surface area contributed by atoms with Gasteiger partial charge in [-0.3, -0.25) is 4.79 Å². The number of sulfonamides is 1. The van der Waals surface area contributed by atoms with Gasteiger partial charge in [-0.1, -0.05) is 13.3 Å². The van der Waals surface area contributed by atoms with Crippen LogP contribution < -0.4 is 4.72 Å². The number of aliphatic hydroxyl groups excluding tert-OH is 1. The highest BCUT2D eigenvalue weighted by Crippen LogP contribution is 2.06. The van der Waals surface area contributed by atoms with E-state index >= 15 is 0 Å². The van der Waals surface area contributed by atoms with Gasteiger partial charge in [-0.15, -0.1) is 0 Å². The Morgan fingerprint density at radius 3 is 2.53 bits per heavy atom. The zero-order valence-corrected chi connectivity index (χ0v) is 10.9. The van der Waals surface area contributed by atoms with E-state index in [1.54, 1.807) is 0 Å². The first-order valence-electron chi connectivity index (χ1n) is 5.71. The van der Waals surface area contributed by atoms with Crippen LogP contribution in [0.2, 0.25) is 0 Å². The van der Waals surface area contributed by atoms with Crippen molar-refractivity contribution >= 4 is 16.0 Å². The van der Waals surface area contributed by atoms with Crippen molar-refractivity contribution in [1.29, 1.82) is 0 Å². The number of hydrogen-bond acceptors (Lipinski definition) is 4. The van der Waals surface area contributed by atoms with Crippen molar-refractivity contribution < 1.29 is 23.4 Å². The van der Waals surface area contributed by atoms with Crippen LogP contribution in [0.1, 0.15) is 32.6 Å². The van der Waals surface area contributed by atoms with Gasteiger partial charge >= 0.3 is 5.97 Å². The van der Waals surface area contributed by atoms with Gasteiger partial charge in [0.25, 0.3) is 0 Å². The number of aliphatic hydroxyl groups is 1. The van der Waals surface area contributed by atoms with Gasteiger partial charge in [0.1, 0.15) is 0 Å². The fraction of sp³-hybridized carbons (Fsp3) is 0.900. The Bertz CT molecular complexity index is 315. The summed E-state index contributed by atoms with van der Waals surface area (Å²) in [6, 6.07) is 0. The van der Waals surface area contributed by atoms with Crippen LogP contribution in [0.25, 0.3) is 0 Å². The van der Waals surface area contributed by atoms with E-state index < -0.39 is 16.0 Å². The molecule has 0 aromatic rings. The van der Waals surface area contributed by atoms with Gasteiger partial charge in [0.05, 0.1) is 5.75 Å². The summed E-state index contributed by atoms with van der Waals surface area (Å²) in [5, 5.41) is 17.2. The lowest BCUT2D eigenvalue weighted by Gasteiger charge is -2.14. The van der Waals surface area contributed by atoms with Gasteiger partial charge in [-0.05, 0) is 18.8 Å². The average molecular weight is 267 g/mol. The minimum Gasteiger partial charge on any atom is -0.481 e. The van der Waals surface area contributed by atoms with E-state index in [0.29, 0.717) is 13.0 Å². The zero-order chi connectivity index (χ0) is 13.3. The molecule has 0 aliphatic carbocycles. The van der Waals surface area contributed by atoms with Crippen LogP contribution in [0, 0.1) is 5.92 Å². The molecule has 0 rings (SSSR count). The molecule has 0 aromatic carbocycles. The lowest BCUT2D eigenvalue weighted by molar-refractivity contribution is -0.137. The zero-order valence-electron chi connectivity index (χ0n) is 10.1. The summed E-state index contributed by atoms with van der Waals surface area (Å²) in [6.45, 7) is 2.27. The molecule has 102 valence electrons. The Hall–Kier alpha value is -0.660. The van der Waals surface area contributed by atoms with E-state index in [-0.39, 0.29) is 31.1 Å². The number of carboxylic acid groups (broad SMARTS) is 1. The van der Waals surface area contributed by atoms with Crippen LogP contribution in [0.5, 0.6) is 0 Å². The summed E-state index contributed by atoms with van der Waals surface area (Å²) >= 11 is 0. The number of carboxylic acids is 1. The summed E-state index contributed by atoms with van der Waals surface area (Å²) in [5.41, 5.74) is 0. The molecular formula is C10H21NO5S. The van der Waals surface area contributed by atoms with Gasteiger partial charge in [0.2, 0.25) is 10.0 Å². The van der Waals surface area contributed by atoms with Crippen molar-refractivity contribution in [1.82, 2.24) is 4.72 Å². The quantitative estimate of drug-likeness (QED) is 0.524. The number of aliphatic carboxylic acids is 1. The van der Waals surface area contributed by atoms with Crippen molar-refractivity contribution in [2.45, 2.75) is 32.6 Å². The maximum atomic E-state index is 11.5. The molecule has 0 heterocycles. The molecule has 0 aliphatic rings. The van der Waals surface area contributed by atoms with Gasteiger partial charge in [-0.2, -0.15) is 0 Å². The molecule has 1 unspecified atom stereocenters. The number of hydrogen-bond donors (Lipinski definition) is 3. The van der Waals surface area contributed by atoms with Crippen molar-refractivity contribution in [3.63, 3.8) is 0 Å². The fourth-order valence-corrected chi connectivity index (χ4v) is 2.52. The van der Waals surface area contributed by atoms with Crippen LogP contribution in [0.4, 0.5) is 0 Å². The minimum atomic E-state index is -3.40. The van der Waals surface area contributed by atoms with Crippen LogP contribution in [-0.2, 0) is 14.8 Å². The fourth-order valence-electron chi connectivity index (χ4n) is 1.36. The molecule has 0 amide bonds. The SMILES string of the molecule is CCC(CCO)CNS(=O)(=O)CCCC(=O)O. The van der Waals surface area contributed by atoms with Gasteiger partial charge in [0.15, 0.2) is 0 Å². The first kappa shape index (κ1) is 16.3. The Balaban J connectivity index is 3.95. The van der Waals surface area contributed by atoms with Crippen molar-refractivity contribution in [3.8, 4) is 0 Å². The number of nitrogens with one attached hydrogen (secondary N) is 1. The van der Waals surface area contributed by atoms with E-state index in [9.17, 15) is 13.2 Å². The van der Waals surface area contributed by atoms with E-state index in [2.05, 4.69) is 4.72 Å². The van der Waals surface area contributed by atoms with E-state index in [1.165, 1.54) is 0 Å². The maximum Gasteiger partial charge on any atom is 0.303 e. The van der Waals surface area contributed by atoms with E-state index in [1.807, 2.05) is 6.92 Å². The minimum absolute atomic E-state index is 0.0409. The molecule has 0 saturated heterocycles. The summed E-state index contributed by atoms with van der Waals surface area (Å²) in [7, 11) is -3.40.